The minimum Gasteiger partial charge on any atom is -0.494 e. The lowest BCUT2D eigenvalue weighted by Crippen LogP contribution is -2.26. The quantitative estimate of drug-likeness (QED) is 0.0476. The zero-order valence-corrected chi connectivity index (χ0v) is 26.1. The molecule has 0 amide bonds. The standard InChI is InChI=1S/C37H43NO6/c1-4-6-8-9-11-25-42-33-18-12-29(13-19-33)26-32(27-38)37(40)44-35-22-16-31(17-23-35)30-14-20-34(21-15-30)43-36(39)28(3)41-24-10-7-5-2/h12-23,26,28H,4-11,24-25H2,1-3H3/b32-26+. The minimum absolute atomic E-state index is 0.107. The topological polar surface area (TPSA) is 94.9 Å². The van der Waals surface area contributed by atoms with Crippen LogP contribution in [0.15, 0.2) is 78.4 Å². The SMILES string of the molecule is CCCCCCCOc1ccc(/C=C(\C#N)C(=O)Oc2ccc(-c3ccc(OC(=O)C(C)OCCCCC)cc3)cc2)cc1. The fourth-order valence-corrected chi connectivity index (χ4v) is 4.33. The van der Waals surface area contributed by atoms with E-state index in [1.807, 2.05) is 42.5 Å². The number of ether oxygens (including phenoxy) is 4. The molecule has 0 bridgehead atoms. The average molecular weight is 598 g/mol. The van der Waals surface area contributed by atoms with E-state index < -0.39 is 18.0 Å². The smallest absolute Gasteiger partial charge is 0.354 e. The molecule has 232 valence electrons. The molecule has 0 heterocycles. The molecule has 44 heavy (non-hydrogen) atoms. The molecule has 0 spiro atoms. The molecular weight excluding hydrogens is 554 g/mol. The minimum atomic E-state index is -0.734. The highest BCUT2D eigenvalue weighted by atomic mass is 16.6. The van der Waals surface area contributed by atoms with Gasteiger partial charge in [-0.1, -0.05) is 88.8 Å². The van der Waals surface area contributed by atoms with Gasteiger partial charge in [-0.3, -0.25) is 0 Å². The molecule has 3 aromatic carbocycles. The molecule has 0 saturated heterocycles. The third-order valence-electron chi connectivity index (χ3n) is 6.97. The van der Waals surface area contributed by atoms with Crippen LogP contribution in [0.1, 0.15) is 77.7 Å². The summed E-state index contributed by atoms with van der Waals surface area (Å²) in [6.45, 7) is 7.20. The first-order valence-corrected chi connectivity index (χ1v) is 15.5. The predicted molar refractivity (Wildman–Crippen MR) is 172 cm³/mol. The highest BCUT2D eigenvalue weighted by Gasteiger charge is 2.16. The van der Waals surface area contributed by atoms with Crippen LogP contribution in [0.25, 0.3) is 17.2 Å². The monoisotopic (exact) mass is 597 g/mol. The van der Waals surface area contributed by atoms with Gasteiger partial charge < -0.3 is 18.9 Å². The first kappa shape index (κ1) is 34.1. The molecule has 3 aromatic rings. The van der Waals surface area contributed by atoms with Crippen molar-refractivity contribution < 1.29 is 28.5 Å². The van der Waals surface area contributed by atoms with Crippen molar-refractivity contribution in [3.8, 4) is 34.4 Å². The third-order valence-corrected chi connectivity index (χ3v) is 6.97. The van der Waals surface area contributed by atoms with Gasteiger partial charge in [0, 0.05) is 6.61 Å². The second-order valence-electron chi connectivity index (χ2n) is 10.6. The zero-order chi connectivity index (χ0) is 31.6. The molecule has 0 fully saturated rings. The molecule has 0 aliphatic carbocycles. The van der Waals surface area contributed by atoms with E-state index in [9.17, 15) is 14.9 Å². The number of esters is 2. The van der Waals surface area contributed by atoms with E-state index in [-0.39, 0.29) is 5.57 Å². The zero-order valence-electron chi connectivity index (χ0n) is 26.1. The molecule has 0 saturated carbocycles. The van der Waals surface area contributed by atoms with Crippen LogP contribution in [0.3, 0.4) is 0 Å². The Morgan fingerprint density at radius 2 is 1.23 bits per heavy atom. The number of unbranched alkanes of at least 4 members (excludes halogenated alkanes) is 6. The molecule has 0 aliphatic heterocycles. The van der Waals surface area contributed by atoms with Crippen LogP contribution >= 0.6 is 0 Å². The summed E-state index contributed by atoms with van der Waals surface area (Å²) in [7, 11) is 0. The molecule has 7 heteroatoms. The molecule has 3 rings (SSSR count). The number of carbonyl (C=O) groups is 2. The van der Waals surface area contributed by atoms with Gasteiger partial charge in [0.1, 0.15) is 28.9 Å². The van der Waals surface area contributed by atoms with E-state index in [1.165, 1.54) is 25.3 Å². The maximum atomic E-state index is 12.7. The van der Waals surface area contributed by atoms with Gasteiger partial charge in [0.25, 0.3) is 0 Å². The van der Waals surface area contributed by atoms with E-state index in [2.05, 4.69) is 13.8 Å². The van der Waals surface area contributed by atoms with Crippen molar-refractivity contribution >= 4 is 18.0 Å². The first-order chi connectivity index (χ1) is 21.4. The van der Waals surface area contributed by atoms with Crippen LogP contribution in [-0.2, 0) is 14.3 Å². The number of nitrogens with zero attached hydrogens (tertiary/aromatic N) is 1. The molecular formula is C37H43NO6. The summed E-state index contributed by atoms with van der Waals surface area (Å²) >= 11 is 0. The Bertz CT molecular complexity index is 1370. The van der Waals surface area contributed by atoms with Crippen LogP contribution in [0.4, 0.5) is 0 Å². The predicted octanol–water partition coefficient (Wildman–Crippen LogP) is 8.72. The largest absolute Gasteiger partial charge is 0.494 e. The molecule has 0 N–H and O–H groups in total. The van der Waals surface area contributed by atoms with Crippen molar-refractivity contribution in [2.45, 2.75) is 78.2 Å². The Hall–Kier alpha value is -4.41. The highest BCUT2D eigenvalue weighted by molar-refractivity contribution is 5.99. The molecule has 0 aliphatic rings. The van der Waals surface area contributed by atoms with Crippen LogP contribution in [-0.4, -0.2) is 31.3 Å². The van der Waals surface area contributed by atoms with E-state index in [0.717, 1.165) is 49.0 Å². The van der Waals surface area contributed by atoms with Gasteiger partial charge >= 0.3 is 11.9 Å². The normalized spacial score (nSPS) is 11.8. The average Bonchev–Trinajstić information content (AvgIpc) is 3.04. The van der Waals surface area contributed by atoms with E-state index in [4.69, 9.17) is 18.9 Å². The van der Waals surface area contributed by atoms with E-state index in [0.29, 0.717) is 30.3 Å². The molecule has 7 nitrogen and oxygen atoms in total. The van der Waals surface area contributed by atoms with Crippen molar-refractivity contribution in [3.05, 3.63) is 83.9 Å². The van der Waals surface area contributed by atoms with Gasteiger partial charge in [0.05, 0.1) is 6.61 Å². The van der Waals surface area contributed by atoms with Crippen LogP contribution < -0.4 is 14.2 Å². The van der Waals surface area contributed by atoms with Crippen molar-refractivity contribution in [1.82, 2.24) is 0 Å². The molecule has 1 atom stereocenters. The number of benzene rings is 3. The molecule has 0 aromatic heterocycles. The Morgan fingerprint density at radius 1 is 0.705 bits per heavy atom. The number of hydrogen-bond donors (Lipinski definition) is 0. The Kier molecular flexibility index (Phi) is 14.7. The van der Waals surface area contributed by atoms with Gasteiger partial charge in [-0.25, -0.2) is 9.59 Å². The lowest BCUT2D eigenvalue weighted by molar-refractivity contribution is -0.146. The van der Waals surface area contributed by atoms with E-state index in [1.54, 1.807) is 43.3 Å². The molecule has 0 radical (unpaired) electrons. The van der Waals surface area contributed by atoms with Crippen molar-refractivity contribution in [2.24, 2.45) is 0 Å². The fourth-order valence-electron chi connectivity index (χ4n) is 4.33. The highest BCUT2D eigenvalue weighted by Crippen LogP contribution is 2.25. The third kappa shape index (κ3) is 11.7. The lowest BCUT2D eigenvalue weighted by Gasteiger charge is -2.12. The summed E-state index contributed by atoms with van der Waals surface area (Å²) in [5.41, 5.74) is 2.37. The van der Waals surface area contributed by atoms with Crippen molar-refractivity contribution in [2.75, 3.05) is 13.2 Å². The lowest BCUT2D eigenvalue weighted by atomic mass is 10.1. The van der Waals surface area contributed by atoms with Gasteiger partial charge in [-0.05, 0) is 78.9 Å². The molecule has 1 unspecified atom stereocenters. The maximum absolute atomic E-state index is 12.7. The van der Waals surface area contributed by atoms with E-state index >= 15 is 0 Å². The van der Waals surface area contributed by atoms with Gasteiger partial charge in [-0.2, -0.15) is 5.26 Å². The summed E-state index contributed by atoms with van der Waals surface area (Å²) < 4.78 is 22.2. The second-order valence-corrected chi connectivity index (χ2v) is 10.6. The Morgan fingerprint density at radius 3 is 1.82 bits per heavy atom. The van der Waals surface area contributed by atoms with Crippen LogP contribution in [0.2, 0.25) is 0 Å². The first-order valence-electron chi connectivity index (χ1n) is 15.5. The maximum Gasteiger partial charge on any atom is 0.354 e. The summed E-state index contributed by atoms with van der Waals surface area (Å²) in [5, 5.41) is 9.57. The number of nitriles is 1. The fraction of sp³-hybridized carbons (Fsp3) is 0.378. The summed E-state index contributed by atoms with van der Waals surface area (Å²) in [4.78, 5) is 25.0. The van der Waals surface area contributed by atoms with Crippen molar-refractivity contribution in [1.29, 1.82) is 5.26 Å². The van der Waals surface area contributed by atoms with Crippen LogP contribution in [0.5, 0.6) is 17.2 Å². The summed E-state index contributed by atoms with van der Waals surface area (Å²) in [6.07, 6.45) is 9.81. The number of hydrogen-bond acceptors (Lipinski definition) is 7. The summed E-state index contributed by atoms with van der Waals surface area (Å²) in [6, 6.07) is 23.3. The number of carbonyl (C=O) groups excluding carboxylic acids is 2. The van der Waals surface area contributed by atoms with Gasteiger partial charge in [0.2, 0.25) is 0 Å². The van der Waals surface area contributed by atoms with Crippen molar-refractivity contribution in [3.63, 3.8) is 0 Å². The Labute approximate surface area is 261 Å². The van der Waals surface area contributed by atoms with Gasteiger partial charge in [-0.15, -0.1) is 0 Å². The Balaban J connectivity index is 1.50. The number of rotatable bonds is 18. The van der Waals surface area contributed by atoms with Gasteiger partial charge in [0.15, 0.2) is 6.10 Å². The summed E-state index contributed by atoms with van der Waals surface area (Å²) in [5.74, 6) is 0.347. The second kappa shape index (κ2) is 19.0. The van der Waals surface area contributed by atoms with Crippen LogP contribution in [0, 0.1) is 11.3 Å².